The van der Waals surface area contributed by atoms with Crippen molar-refractivity contribution in [1.29, 1.82) is 0 Å². The van der Waals surface area contributed by atoms with Crippen LogP contribution in [0.15, 0.2) is 18.5 Å². The lowest BCUT2D eigenvalue weighted by Crippen LogP contribution is -2.42. The molecule has 1 saturated carbocycles. The van der Waals surface area contributed by atoms with Gasteiger partial charge in [0, 0.05) is 61.0 Å². The molecule has 0 radical (unpaired) electrons. The highest BCUT2D eigenvalue weighted by Crippen LogP contribution is 2.36. The quantitative estimate of drug-likeness (QED) is 0.393. The average molecular weight is 542 g/mol. The highest BCUT2D eigenvalue weighted by Gasteiger charge is 2.36. The van der Waals surface area contributed by atoms with Gasteiger partial charge in [-0.25, -0.2) is 19.3 Å². The SMILES string of the molecule is Cc1ncc(/C=C/C(=O)N[C@H]2CC[C@](F)(CCN3CCc4nc(OCC(F)(F)F)sc4CC3)CC2)cn1. The van der Waals surface area contributed by atoms with E-state index in [4.69, 9.17) is 4.74 Å². The minimum Gasteiger partial charge on any atom is -0.460 e. The first kappa shape index (κ1) is 27.4. The van der Waals surface area contributed by atoms with Gasteiger partial charge in [-0.05, 0) is 51.5 Å². The van der Waals surface area contributed by atoms with Crippen LogP contribution in [0, 0.1) is 6.92 Å². The van der Waals surface area contributed by atoms with Gasteiger partial charge in [0.2, 0.25) is 5.91 Å². The molecule has 202 valence electrons. The van der Waals surface area contributed by atoms with Crippen LogP contribution in [0.2, 0.25) is 0 Å². The van der Waals surface area contributed by atoms with Crippen LogP contribution in [-0.4, -0.2) is 69.9 Å². The highest BCUT2D eigenvalue weighted by molar-refractivity contribution is 7.13. The van der Waals surface area contributed by atoms with Gasteiger partial charge in [-0.2, -0.15) is 13.2 Å². The molecule has 37 heavy (non-hydrogen) atoms. The van der Waals surface area contributed by atoms with Crippen molar-refractivity contribution >= 4 is 23.3 Å². The highest BCUT2D eigenvalue weighted by atomic mass is 32.1. The normalized spacial score (nSPS) is 23.0. The fourth-order valence-corrected chi connectivity index (χ4v) is 5.56. The molecule has 1 aliphatic heterocycles. The molecule has 0 atom stereocenters. The maximum Gasteiger partial charge on any atom is 0.422 e. The maximum atomic E-state index is 15.5. The molecule has 0 aromatic carbocycles. The van der Waals surface area contributed by atoms with E-state index in [1.165, 1.54) is 6.08 Å². The molecule has 12 heteroatoms. The summed E-state index contributed by atoms with van der Waals surface area (Å²) in [5.41, 5.74) is 0.256. The summed E-state index contributed by atoms with van der Waals surface area (Å²) in [4.78, 5) is 27.8. The number of thiazole rings is 1. The van der Waals surface area contributed by atoms with Crippen LogP contribution in [0.3, 0.4) is 0 Å². The molecule has 2 aromatic rings. The molecule has 4 rings (SSSR count). The smallest absolute Gasteiger partial charge is 0.422 e. The van der Waals surface area contributed by atoms with E-state index in [2.05, 4.69) is 25.2 Å². The van der Waals surface area contributed by atoms with Gasteiger partial charge in [0.1, 0.15) is 11.5 Å². The molecule has 1 N–H and O–H groups in total. The molecule has 7 nitrogen and oxygen atoms in total. The Balaban J connectivity index is 1.17. The van der Waals surface area contributed by atoms with E-state index >= 15 is 4.39 Å². The van der Waals surface area contributed by atoms with E-state index in [0.29, 0.717) is 70.4 Å². The summed E-state index contributed by atoms with van der Waals surface area (Å²) >= 11 is 1.16. The number of amides is 1. The van der Waals surface area contributed by atoms with Gasteiger partial charge in [0.15, 0.2) is 6.61 Å². The zero-order chi connectivity index (χ0) is 26.5. The first-order valence-corrected chi connectivity index (χ1v) is 13.3. The second kappa shape index (κ2) is 11.8. The van der Waals surface area contributed by atoms with Crippen molar-refractivity contribution in [1.82, 2.24) is 25.2 Å². The largest absolute Gasteiger partial charge is 0.460 e. The Morgan fingerprint density at radius 1 is 1.24 bits per heavy atom. The molecule has 3 heterocycles. The number of nitrogens with one attached hydrogen (secondary N) is 1. The third-order valence-electron chi connectivity index (χ3n) is 6.77. The molecule has 0 spiro atoms. The van der Waals surface area contributed by atoms with Gasteiger partial charge >= 0.3 is 6.18 Å². The molecule has 2 aromatic heterocycles. The van der Waals surface area contributed by atoms with E-state index in [-0.39, 0.29) is 17.1 Å². The fraction of sp³-hybridized carbons (Fsp3) is 0.600. The minimum atomic E-state index is -4.39. The van der Waals surface area contributed by atoms with Gasteiger partial charge in [-0.1, -0.05) is 11.3 Å². The van der Waals surface area contributed by atoms with E-state index in [9.17, 15) is 18.0 Å². The Bertz CT molecular complexity index is 1060. The monoisotopic (exact) mass is 541 g/mol. The number of fused-ring (bicyclic) bond motifs is 1. The maximum absolute atomic E-state index is 15.5. The molecule has 1 aliphatic carbocycles. The molecule has 0 saturated heterocycles. The number of hydrogen-bond donors (Lipinski definition) is 1. The van der Waals surface area contributed by atoms with Crippen molar-refractivity contribution in [2.24, 2.45) is 0 Å². The summed E-state index contributed by atoms with van der Waals surface area (Å²) in [5, 5.41) is 3.02. The molecular formula is C25H31F4N5O2S. The van der Waals surface area contributed by atoms with Crippen molar-refractivity contribution in [3.05, 3.63) is 40.4 Å². The Morgan fingerprint density at radius 3 is 2.65 bits per heavy atom. The predicted octanol–water partition coefficient (Wildman–Crippen LogP) is 4.45. The van der Waals surface area contributed by atoms with Crippen LogP contribution >= 0.6 is 11.3 Å². The van der Waals surface area contributed by atoms with Crippen LogP contribution in [0.25, 0.3) is 6.08 Å². The summed E-state index contributed by atoms with van der Waals surface area (Å²) in [7, 11) is 0. The summed E-state index contributed by atoms with van der Waals surface area (Å²) < 4.78 is 57.4. The predicted molar refractivity (Wildman–Crippen MR) is 132 cm³/mol. The van der Waals surface area contributed by atoms with Crippen molar-refractivity contribution in [3.8, 4) is 5.19 Å². The zero-order valence-corrected chi connectivity index (χ0v) is 21.5. The summed E-state index contributed by atoms with van der Waals surface area (Å²) in [6, 6.07) is -0.0516. The summed E-state index contributed by atoms with van der Waals surface area (Å²) in [5.74, 6) is 0.449. The number of alkyl halides is 4. The number of aryl methyl sites for hydroxylation is 1. The van der Waals surface area contributed by atoms with Crippen molar-refractivity contribution in [2.45, 2.75) is 69.8 Å². The van der Waals surface area contributed by atoms with Gasteiger partial charge in [-0.15, -0.1) is 0 Å². The summed E-state index contributed by atoms with van der Waals surface area (Å²) in [6.07, 6.45) is 5.68. The lowest BCUT2D eigenvalue weighted by atomic mass is 9.81. The zero-order valence-electron chi connectivity index (χ0n) is 20.7. The topological polar surface area (TPSA) is 80.2 Å². The first-order chi connectivity index (χ1) is 17.6. The molecule has 2 aliphatic rings. The molecule has 0 unspecified atom stereocenters. The average Bonchev–Trinajstić information content (AvgIpc) is 3.15. The van der Waals surface area contributed by atoms with Crippen molar-refractivity contribution < 1.29 is 27.1 Å². The lowest BCUT2D eigenvalue weighted by molar-refractivity contribution is -0.153. The first-order valence-electron chi connectivity index (χ1n) is 12.4. The van der Waals surface area contributed by atoms with Gasteiger partial charge in [0.25, 0.3) is 5.19 Å². The van der Waals surface area contributed by atoms with E-state index in [1.807, 2.05) is 0 Å². The van der Waals surface area contributed by atoms with E-state index in [0.717, 1.165) is 27.5 Å². The van der Waals surface area contributed by atoms with Crippen LogP contribution < -0.4 is 10.1 Å². The standard InChI is InChI=1S/C25H31F4N5O2S/c1-17-30-14-18(15-31-17)2-3-22(35)32-19-4-8-24(26,9-5-19)10-13-34-11-6-20-21(7-12-34)37-23(33-20)36-16-25(27,28)29/h2-3,14-15,19H,4-13,16H2,1H3,(H,32,35)/b3-2+/t19-,24+. The van der Waals surface area contributed by atoms with Crippen molar-refractivity contribution in [3.63, 3.8) is 0 Å². The number of rotatable bonds is 8. The number of nitrogens with zero attached hydrogens (tertiary/aromatic N) is 4. The van der Waals surface area contributed by atoms with Crippen LogP contribution in [0.5, 0.6) is 5.19 Å². The van der Waals surface area contributed by atoms with Crippen LogP contribution in [-0.2, 0) is 17.6 Å². The molecule has 0 bridgehead atoms. The number of ether oxygens (including phenoxy) is 1. The number of aromatic nitrogens is 3. The van der Waals surface area contributed by atoms with Gasteiger partial charge in [0.05, 0.1) is 5.69 Å². The Morgan fingerprint density at radius 2 is 1.95 bits per heavy atom. The Kier molecular flexibility index (Phi) is 8.79. The van der Waals surface area contributed by atoms with Gasteiger partial charge in [-0.3, -0.25) is 4.79 Å². The third kappa shape index (κ3) is 8.46. The third-order valence-corrected chi connectivity index (χ3v) is 7.84. The Labute approximate surface area is 217 Å². The summed E-state index contributed by atoms with van der Waals surface area (Å²) in [6.45, 7) is 2.46. The van der Waals surface area contributed by atoms with Crippen molar-refractivity contribution in [2.75, 3.05) is 26.2 Å². The lowest BCUT2D eigenvalue weighted by Gasteiger charge is -2.35. The molecule has 1 amide bonds. The van der Waals surface area contributed by atoms with Gasteiger partial charge < -0.3 is 15.0 Å². The number of hydrogen-bond acceptors (Lipinski definition) is 7. The van der Waals surface area contributed by atoms with Crippen LogP contribution in [0.1, 0.15) is 54.1 Å². The van der Waals surface area contributed by atoms with E-state index in [1.54, 1.807) is 25.4 Å². The molecular weight excluding hydrogens is 510 g/mol. The second-order valence-corrected chi connectivity index (χ2v) is 10.7. The van der Waals surface area contributed by atoms with E-state index < -0.39 is 18.5 Å². The van der Waals surface area contributed by atoms with Crippen LogP contribution in [0.4, 0.5) is 17.6 Å². The fourth-order valence-electron chi connectivity index (χ4n) is 4.61. The molecule has 1 fully saturated rings. The number of halogens is 4. The second-order valence-electron chi connectivity index (χ2n) is 9.68. The minimum absolute atomic E-state index is 0.0516. The number of carbonyl (C=O) groups excluding carboxylic acids is 1. The Hall–Kier alpha value is -2.60. The number of carbonyl (C=O) groups is 1.